The first-order valence-corrected chi connectivity index (χ1v) is 6.67. The van der Waals surface area contributed by atoms with Gasteiger partial charge in [-0.2, -0.15) is 5.10 Å². The largest absolute Gasteiger partial charge is 0.359 e. The number of halogens is 1. The highest BCUT2D eigenvalue weighted by atomic mass is 35.5. The van der Waals surface area contributed by atoms with Gasteiger partial charge in [-0.25, -0.2) is 0 Å². The van der Waals surface area contributed by atoms with Crippen LogP contribution in [-0.2, 0) is 24.3 Å². The molecule has 0 saturated carbocycles. The average molecular weight is 273 g/mol. The standard InChI is InChI=1S/C12H21ClN4O/c1-4-9-12(13)10(17(5-2)16-9)8-15-7-6-11(18)14-3/h15H,4-8H2,1-3H3,(H,14,18). The van der Waals surface area contributed by atoms with Gasteiger partial charge in [0.25, 0.3) is 0 Å². The van der Waals surface area contributed by atoms with Crippen LogP contribution in [0.1, 0.15) is 31.7 Å². The van der Waals surface area contributed by atoms with E-state index in [1.54, 1.807) is 7.05 Å². The van der Waals surface area contributed by atoms with Crippen LogP contribution < -0.4 is 10.6 Å². The van der Waals surface area contributed by atoms with Crippen LogP contribution in [0.15, 0.2) is 0 Å². The molecule has 2 N–H and O–H groups in total. The number of carbonyl (C=O) groups is 1. The molecule has 0 spiro atoms. The maximum atomic E-state index is 11.1. The minimum atomic E-state index is 0.0341. The van der Waals surface area contributed by atoms with Gasteiger partial charge in [-0.15, -0.1) is 0 Å². The summed E-state index contributed by atoms with van der Waals surface area (Å²) in [4.78, 5) is 11.1. The minimum absolute atomic E-state index is 0.0341. The molecule has 0 radical (unpaired) electrons. The highest BCUT2D eigenvalue weighted by molar-refractivity contribution is 6.31. The second-order valence-corrected chi connectivity index (χ2v) is 4.35. The molecular formula is C12H21ClN4O. The summed E-state index contributed by atoms with van der Waals surface area (Å²) in [6.07, 6.45) is 1.30. The van der Waals surface area contributed by atoms with E-state index in [0.717, 1.165) is 29.4 Å². The molecule has 1 rings (SSSR count). The van der Waals surface area contributed by atoms with Crippen LogP contribution in [0.25, 0.3) is 0 Å². The molecule has 0 atom stereocenters. The molecular weight excluding hydrogens is 252 g/mol. The number of carbonyl (C=O) groups excluding carboxylic acids is 1. The summed E-state index contributed by atoms with van der Waals surface area (Å²) in [5.41, 5.74) is 1.93. The molecule has 1 amide bonds. The molecule has 0 aliphatic heterocycles. The predicted molar refractivity (Wildman–Crippen MR) is 72.7 cm³/mol. The van der Waals surface area contributed by atoms with Crippen LogP contribution in [0.5, 0.6) is 0 Å². The molecule has 5 nitrogen and oxygen atoms in total. The number of nitrogens with one attached hydrogen (secondary N) is 2. The molecule has 0 aromatic carbocycles. The fourth-order valence-corrected chi connectivity index (χ4v) is 2.06. The average Bonchev–Trinajstić information content (AvgIpc) is 2.70. The van der Waals surface area contributed by atoms with Gasteiger partial charge in [0.1, 0.15) is 0 Å². The highest BCUT2D eigenvalue weighted by Gasteiger charge is 2.13. The SMILES string of the molecule is CCc1nn(CC)c(CNCCC(=O)NC)c1Cl. The van der Waals surface area contributed by atoms with Gasteiger partial charge in [0.05, 0.1) is 16.4 Å². The maximum absolute atomic E-state index is 11.1. The Kier molecular flexibility index (Phi) is 6.15. The van der Waals surface area contributed by atoms with Gasteiger partial charge < -0.3 is 10.6 Å². The Labute approximate surface area is 113 Å². The Morgan fingerprint density at radius 1 is 1.44 bits per heavy atom. The lowest BCUT2D eigenvalue weighted by molar-refractivity contribution is -0.120. The van der Waals surface area contributed by atoms with E-state index in [0.29, 0.717) is 19.5 Å². The monoisotopic (exact) mass is 272 g/mol. The fraction of sp³-hybridized carbons (Fsp3) is 0.667. The van der Waals surface area contributed by atoms with Crippen molar-refractivity contribution in [3.05, 3.63) is 16.4 Å². The second kappa shape index (κ2) is 7.38. The van der Waals surface area contributed by atoms with Gasteiger partial charge in [0, 0.05) is 33.1 Å². The van der Waals surface area contributed by atoms with Crippen LogP contribution in [0.3, 0.4) is 0 Å². The number of hydrogen-bond donors (Lipinski definition) is 2. The minimum Gasteiger partial charge on any atom is -0.359 e. The van der Waals surface area contributed by atoms with E-state index in [9.17, 15) is 4.79 Å². The van der Waals surface area contributed by atoms with Crippen molar-refractivity contribution in [2.75, 3.05) is 13.6 Å². The van der Waals surface area contributed by atoms with Crippen LogP contribution in [-0.4, -0.2) is 29.3 Å². The number of aromatic nitrogens is 2. The number of aryl methyl sites for hydroxylation is 2. The molecule has 102 valence electrons. The quantitative estimate of drug-likeness (QED) is 0.737. The number of rotatable bonds is 7. The lowest BCUT2D eigenvalue weighted by Crippen LogP contribution is -2.25. The maximum Gasteiger partial charge on any atom is 0.221 e. The lowest BCUT2D eigenvalue weighted by atomic mass is 10.3. The summed E-state index contributed by atoms with van der Waals surface area (Å²) in [7, 11) is 1.64. The van der Waals surface area contributed by atoms with E-state index in [2.05, 4.69) is 15.7 Å². The third kappa shape index (κ3) is 3.71. The lowest BCUT2D eigenvalue weighted by Gasteiger charge is -2.07. The first-order valence-electron chi connectivity index (χ1n) is 6.29. The summed E-state index contributed by atoms with van der Waals surface area (Å²) in [6.45, 7) is 6.14. The molecule has 1 aromatic rings. The van der Waals surface area contributed by atoms with Crippen molar-refractivity contribution in [1.82, 2.24) is 20.4 Å². The van der Waals surface area contributed by atoms with Gasteiger partial charge in [-0.1, -0.05) is 18.5 Å². The summed E-state index contributed by atoms with van der Waals surface area (Å²) >= 11 is 6.27. The smallest absolute Gasteiger partial charge is 0.221 e. The zero-order chi connectivity index (χ0) is 13.5. The Bertz CT molecular complexity index is 403. The fourth-order valence-electron chi connectivity index (χ4n) is 1.72. The molecule has 1 aromatic heterocycles. The van der Waals surface area contributed by atoms with Crippen molar-refractivity contribution in [2.24, 2.45) is 0 Å². The zero-order valence-corrected chi connectivity index (χ0v) is 12.0. The highest BCUT2D eigenvalue weighted by Crippen LogP contribution is 2.21. The summed E-state index contributed by atoms with van der Waals surface area (Å²) in [5, 5.41) is 11.0. The second-order valence-electron chi connectivity index (χ2n) is 3.98. The molecule has 6 heteroatoms. The predicted octanol–water partition coefficient (Wildman–Crippen LogP) is 1.34. The molecule has 0 aliphatic carbocycles. The first kappa shape index (κ1) is 15.0. The topological polar surface area (TPSA) is 59.0 Å². The summed E-state index contributed by atoms with van der Waals surface area (Å²) in [6, 6.07) is 0. The third-order valence-electron chi connectivity index (χ3n) is 2.79. The molecule has 0 aliphatic rings. The van der Waals surface area contributed by atoms with E-state index >= 15 is 0 Å². The van der Waals surface area contributed by atoms with Crippen LogP contribution >= 0.6 is 11.6 Å². The number of nitrogens with zero attached hydrogens (tertiary/aromatic N) is 2. The molecule has 0 bridgehead atoms. The molecule has 18 heavy (non-hydrogen) atoms. The van der Waals surface area contributed by atoms with E-state index in [4.69, 9.17) is 11.6 Å². The van der Waals surface area contributed by atoms with Crippen molar-refractivity contribution < 1.29 is 4.79 Å². The molecule has 1 heterocycles. The number of amides is 1. The number of hydrogen-bond acceptors (Lipinski definition) is 3. The third-order valence-corrected chi connectivity index (χ3v) is 3.23. The first-order chi connectivity index (χ1) is 8.63. The summed E-state index contributed by atoms with van der Waals surface area (Å²) in [5.74, 6) is 0.0341. The van der Waals surface area contributed by atoms with Gasteiger partial charge in [-0.3, -0.25) is 9.48 Å². The van der Waals surface area contributed by atoms with Gasteiger partial charge in [0.15, 0.2) is 0 Å². The Hall–Kier alpha value is -1.07. The molecule has 0 unspecified atom stereocenters. The normalized spacial score (nSPS) is 10.7. The van der Waals surface area contributed by atoms with E-state index in [1.807, 2.05) is 18.5 Å². The van der Waals surface area contributed by atoms with E-state index < -0.39 is 0 Å². The molecule has 0 fully saturated rings. The van der Waals surface area contributed by atoms with E-state index in [-0.39, 0.29) is 5.91 Å². The Morgan fingerprint density at radius 3 is 2.72 bits per heavy atom. The van der Waals surface area contributed by atoms with Gasteiger partial charge in [0.2, 0.25) is 5.91 Å². The van der Waals surface area contributed by atoms with Gasteiger partial charge >= 0.3 is 0 Å². The Morgan fingerprint density at radius 2 is 2.17 bits per heavy atom. The molecule has 0 saturated heterocycles. The van der Waals surface area contributed by atoms with Crippen molar-refractivity contribution in [1.29, 1.82) is 0 Å². The van der Waals surface area contributed by atoms with Crippen molar-refractivity contribution in [3.63, 3.8) is 0 Å². The van der Waals surface area contributed by atoms with Crippen LogP contribution in [0.4, 0.5) is 0 Å². The van der Waals surface area contributed by atoms with Crippen molar-refractivity contribution in [2.45, 2.75) is 39.8 Å². The van der Waals surface area contributed by atoms with E-state index in [1.165, 1.54) is 0 Å². The van der Waals surface area contributed by atoms with Crippen molar-refractivity contribution >= 4 is 17.5 Å². The summed E-state index contributed by atoms with van der Waals surface area (Å²) < 4.78 is 1.91. The van der Waals surface area contributed by atoms with Crippen LogP contribution in [0, 0.1) is 0 Å². The Balaban J connectivity index is 2.55. The zero-order valence-electron chi connectivity index (χ0n) is 11.2. The van der Waals surface area contributed by atoms with Crippen LogP contribution in [0.2, 0.25) is 5.02 Å². The van der Waals surface area contributed by atoms with Crippen molar-refractivity contribution in [3.8, 4) is 0 Å². The van der Waals surface area contributed by atoms with Gasteiger partial charge in [-0.05, 0) is 13.3 Å².